The second-order valence-corrected chi connectivity index (χ2v) is 26.1. The molecule has 25 nitrogen and oxygen atoms in total. The minimum Gasteiger partial charge on any atom is -0.448 e. The maximum absolute atomic E-state index is 14.4. The van der Waals surface area contributed by atoms with Crippen LogP contribution in [-0.2, 0) is 52.6 Å². The summed E-state index contributed by atoms with van der Waals surface area (Å²) in [6, 6.07) is -5.38. The first-order valence-electron chi connectivity index (χ1n) is 31.0. The van der Waals surface area contributed by atoms with Gasteiger partial charge in [-0.2, -0.15) is 0 Å². The maximum Gasteiger partial charge on any atom is 0.276 e. The molecule has 86 heavy (non-hydrogen) atoms. The van der Waals surface area contributed by atoms with Gasteiger partial charge >= 0.3 is 0 Å². The van der Waals surface area contributed by atoms with Crippen LogP contribution in [0, 0.1) is 30.6 Å². The zero-order valence-corrected chi connectivity index (χ0v) is 54.3. The number of aromatic nitrogens is 1. The van der Waals surface area contributed by atoms with Crippen LogP contribution in [0.3, 0.4) is 0 Å². The van der Waals surface area contributed by atoms with Gasteiger partial charge in [-0.3, -0.25) is 52.8 Å². The highest BCUT2D eigenvalue weighted by atomic mass is 16.5. The number of nitrogens with one attached hydrogen (secondary N) is 9. The lowest BCUT2D eigenvalue weighted by Gasteiger charge is -2.34. The molecule has 1 aliphatic carbocycles. The Morgan fingerprint density at radius 3 is 1.63 bits per heavy atom. The van der Waals surface area contributed by atoms with Gasteiger partial charge in [0.2, 0.25) is 53.2 Å². The van der Waals surface area contributed by atoms with E-state index in [1.54, 1.807) is 21.1 Å². The third kappa shape index (κ3) is 25.2. The van der Waals surface area contributed by atoms with Crippen LogP contribution in [0.2, 0.25) is 0 Å². The molecule has 1 saturated heterocycles. The third-order valence-corrected chi connectivity index (χ3v) is 15.5. The summed E-state index contributed by atoms with van der Waals surface area (Å²) in [6.45, 7) is 25.4. The van der Waals surface area contributed by atoms with E-state index in [0.717, 1.165) is 32.1 Å². The molecule has 2 fully saturated rings. The van der Waals surface area contributed by atoms with Crippen LogP contribution in [0.4, 0.5) is 0 Å². The molecule has 1 aromatic heterocycles. The Morgan fingerprint density at radius 2 is 1.12 bits per heavy atom. The van der Waals surface area contributed by atoms with Crippen LogP contribution >= 0.6 is 0 Å². The number of carbonyl (C=O) groups excluding carboxylic acids is 10. The highest BCUT2D eigenvalue weighted by Gasteiger charge is 2.42. The van der Waals surface area contributed by atoms with Crippen molar-refractivity contribution in [2.24, 2.45) is 23.7 Å². The van der Waals surface area contributed by atoms with E-state index >= 15 is 0 Å². The van der Waals surface area contributed by atoms with Crippen molar-refractivity contribution in [3.63, 3.8) is 0 Å². The molecule has 1 aromatic rings. The second kappa shape index (κ2) is 35.6. The lowest BCUT2D eigenvalue weighted by Crippen LogP contribution is -2.65. The van der Waals surface area contributed by atoms with Crippen molar-refractivity contribution in [2.45, 2.75) is 220 Å². The first-order valence-corrected chi connectivity index (χ1v) is 31.0. The van der Waals surface area contributed by atoms with Gasteiger partial charge in [-0.25, -0.2) is 4.98 Å². The molecule has 0 bridgehead atoms. The monoisotopic (exact) mass is 1210 g/mol. The summed E-state index contributed by atoms with van der Waals surface area (Å²) in [7, 11) is 3.24. The number of hydrogen-bond acceptors (Lipinski definition) is 15. The number of rotatable bonds is 37. The Kier molecular flexibility index (Phi) is 30.6. The summed E-state index contributed by atoms with van der Waals surface area (Å²) in [4.78, 5) is 146. The van der Waals surface area contributed by atoms with Crippen LogP contribution in [-0.4, -0.2) is 187 Å². The SMILES string of the molecule is COCCN(CCNC(=O)CCNC(=O)C(C)(C)NC(=O)C(C)(C)NC(=O)C(CC(C)C)NC(=O)C(CC(C)C)NC(=O)C(C)(C)NC(=O)C(CC(C)C)NC(=O)C(CCC1CCCCC1)NC(=O)[C@@H]1CCCN1C(=O)c1coc(C)n1)CCOC. The molecule has 0 spiro atoms. The number of hydrogen-bond donors (Lipinski definition) is 9. The maximum atomic E-state index is 14.4. The molecular weight excluding hydrogens is 1110 g/mol. The third-order valence-electron chi connectivity index (χ3n) is 15.5. The average Bonchev–Trinajstić information content (AvgIpc) is 2.76. The van der Waals surface area contributed by atoms with Crippen molar-refractivity contribution in [1.82, 2.24) is 62.6 Å². The summed E-state index contributed by atoms with van der Waals surface area (Å²) >= 11 is 0. The predicted molar refractivity (Wildman–Crippen MR) is 325 cm³/mol. The minimum absolute atomic E-state index is 0.00189. The van der Waals surface area contributed by atoms with E-state index in [9.17, 15) is 47.9 Å². The number of ether oxygens (including phenoxy) is 2. The van der Waals surface area contributed by atoms with Crippen LogP contribution < -0.4 is 47.9 Å². The number of nitrogens with zero attached hydrogens (tertiary/aromatic N) is 3. The van der Waals surface area contributed by atoms with Crippen molar-refractivity contribution in [3.05, 3.63) is 17.8 Å². The van der Waals surface area contributed by atoms with Crippen LogP contribution in [0.25, 0.3) is 0 Å². The molecule has 488 valence electrons. The first kappa shape index (κ1) is 74.0. The lowest BCUT2D eigenvalue weighted by atomic mass is 9.85. The van der Waals surface area contributed by atoms with Gasteiger partial charge in [0.25, 0.3) is 5.91 Å². The quantitative estimate of drug-likeness (QED) is 0.0463. The van der Waals surface area contributed by atoms with Crippen LogP contribution in [0.5, 0.6) is 0 Å². The van der Waals surface area contributed by atoms with Crippen LogP contribution in [0.1, 0.15) is 183 Å². The van der Waals surface area contributed by atoms with Gasteiger partial charge in [-0.05, 0) is 110 Å². The van der Waals surface area contributed by atoms with Gasteiger partial charge in [-0.15, -0.1) is 0 Å². The Morgan fingerprint density at radius 1 is 0.605 bits per heavy atom. The van der Waals surface area contributed by atoms with Gasteiger partial charge in [0.05, 0.1) is 13.2 Å². The Labute approximate surface area is 510 Å². The van der Waals surface area contributed by atoms with E-state index in [0.29, 0.717) is 83.4 Å². The van der Waals surface area contributed by atoms with Crippen molar-refractivity contribution in [2.75, 3.05) is 66.7 Å². The Hall–Kier alpha value is -6.21. The molecule has 4 unspecified atom stereocenters. The number of amides is 10. The molecule has 0 radical (unpaired) electrons. The molecule has 2 aliphatic rings. The normalized spacial score (nSPS) is 16.5. The largest absolute Gasteiger partial charge is 0.448 e. The summed E-state index contributed by atoms with van der Waals surface area (Å²) < 4.78 is 15.6. The molecule has 5 atom stereocenters. The highest BCUT2D eigenvalue weighted by molar-refractivity contribution is 6.00. The smallest absolute Gasteiger partial charge is 0.276 e. The van der Waals surface area contributed by atoms with Crippen LogP contribution in [0.15, 0.2) is 10.7 Å². The Balaban J connectivity index is 1.69. The summed E-state index contributed by atoms with van der Waals surface area (Å²) in [5.74, 6) is -5.47. The number of likely N-dealkylation sites (tertiary alicyclic amines) is 1. The van der Waals surface area contributed by atoms with Crippen molar-refractivity contribution < 1.29 is 61.8 Å². The van der Waals surface area contributed by atoms with Gasteiger partial charge in [0, 0.05) is 66.8 Å². The molecule has 25 heteroatoms. The molecule has 2 heterocycles. The fraction of sp³-hybridized carbons (Fsp3) is 0.787. The minimum atomic E-state index is -1.65. The van der Waals surface area contributed by atoms with Gasteiger partial charge in [0.15, 0.2) is 11.6 Å². The molecule has 0 aromatic carbocycles. The summed E-state index contributed by atoms with van der Waals surface area (Å²) in [5, 5.41) is 25.2. The molecule has 1 saturated carbocycles. The average molecular weight is 1220 g/mol. The number of carbonyl (C=O) groups is 10. The van der Waals surface area contributed by atoms with Gasteiger partial charge in [0.1, 0.15) is 53.1 Å². The molecule has 3 rings (SSSR count). The van der Waals surface area contributed by atoms with Crippen molar-refractivity contribution in [1.29, 1.82) is 0 Å². The standard InChI is InChI=1S/C61H106N12O13/c1-38(2)34-44(51(76)67-46(36-40(5)6)53(78)70-61(12,13)58(83)71-59(8,9)56(81)63-26-25-49(74)62-27-29-72(30-32-84-14)31-33-85-15)68-57(82)60(10,11)69-52(77)45(35-39(3)4)66-50(75)43(24-23-42-20-17-16-18-21-42)65-54(79)48-22-19-28-73(48)55(80)47-37-86-41(7)64-47/h37-40,42-46,48H,16-36H2,1-15H3,(H,62,74)(H,63,81)(H,65,79)(H,66,75)(H,67,76)(H,68,82)(H,69,77)(H,70,78)(H,71,83)/t43?,44?,45?,46?,48-/m0/s1. The molecule has 1 aliphatic heterocycles. The number of aryl methyl sites for hydroxylation is 1. The topological polar surface area (TPSA) is 330 Å². The summed E-state index contributed by atoms with van der Waals surface area (Å²) in [6.07, 6.45) is 8.98. The fourth-order valence-corrected chi connectivity index (χ4v) is 10.4. The van der Waals surface area contributed by atoms with Crippen molar-refractivity contribution >= 4 is 59.1 Å². The van der Waals surface area contributed by atoms with Gasteiger partial charge in [-0.1, -0.05) is 73.6 Å². The van der Waals surface area contributed by atoms with E-state index in [-0.39, 0.29) is 61.6 Å². The molecule has 10 amide bonds. The Bertz CT molecular complexity index is 2390. The summed E-state index contributed by atoms with van der Waals surface area (Å²) in [5.41, 5.74) is -4.63. The van der Waals surface area contributed by atoms with E-state index in [1.165, 1.54) is 52.7 Å². The van der Waals surface area contributed by atoms with E-state index in [1.807, 2.05) is 41.5 Å². The van der Waals surface area contributed by atoms with E-state index in [4.69, 9.17) is 13.9 Å². The zero-order chi connectivity index (χ0) is 64.5. The lowest BCUT2D eigenvalue weighted by molar-refractivity contribution is -0.139. The van der Waals surface area contributed by atoms with E-state index < -0.39 is 100.0 Å². The zero-order valence-electron chi connectivity index (χ0n) is 54.3. The van der Waals surface area contributed by atoms with Crippen molar-refractivity contribution in [3.8, 4) is 0 Å². The van der Waals surface area contributed by atoms with Gasteiger partial charge < -0.3 is 66.6 Å². The number of methoxy groups -OCH3 is 2. The highest BCUT2D eigenvalue weighted by Crippen LogP contribution is 2.28. The molecule has 9 N–H and O–H groups in total. The van der Waals surface area contributed by atoms with E-state index in [2.05, 4.69) is 57.7 Å². The fourth-order valence-electron chi connectivity index (χ4n) is 10.4. The predicted octanol–water partition coefficient (Wildman–Crippen LogP) is 2.93. The first-order chi connectivity index (χ1) is 40.3. The molecular formula is C61H106N12O13. The second-order valence-electron chi connectivity index (χ2n) is 26.1. The number of oxazole rings is 1.